The SMILES string of the molecule is CN=C(NCc1ccsc1)NC1CCN(c2cc(OC)cc(OC)c2)C1. The van der Waals surface area contributed by atoms with E-state index < -0.39 is 0 Å². The van der Waals surface area contributed by atoms with Crippen LogP contribution in [0, 0.1) is 0 Å². The maximum atomic E-state index is 5.38. The van der Waals surface area contributed by atoms with Crippen LogP contribution >= 0.6 is 11.3 Å². The van der Waals surface area contributed by atoms with Gasteiger partial charge in [-0.3, -0.25) is 4.99 Å². The van der Waals surface area contributed by atoms with Crippen molar-refractivity contribution in [1.82, 2.24) is 10.6 Å². The molecule has 0 spiro atoms. The lowest BCUT2D eigenvalue weighted by atomic mass is 10.2. The lowest BCUT2D eigenvalue weighted by Gasteiger charge is -2.21. The van der Waals surface area contributed by atoms with Gasteiger partial charge in [0.25, 0.3) is 0 Å². The predicted octanol–water partition coefficient (Wildman–Crippen LogP) is 2.71. The summed E-state index contributed by atoms with van der Waals surface area (Å²) in [5.41, 5.74) is 2.39. The molecule has 3 rings (SSSR count). The van der Waals surface area contributed by atoms with Crippen LogP contribution in [-0.2, 0) is 6.54 Å². The maximum absolute atomic E-state index is 5.38. The number of anilines is 1. The average Bonchev–Trinajstić information content (AvgIpc) is 3.36. The monoisotopic (exact) mass is 374 g/mol. The number of ether oxygens (including phenoxy) is 2. The Kier molecular flexibility index (Phi) is 6.22. The van der Waals surface area contributed by atoms with Crippen molar-refractivity contribution in [3.8, 4) is 11.5 Å². The number of aliphatic imine (C=N–C) groups is 1. The second-order valence-electron chi connectivity index (χ2n) is 6.20. The minimum atomic E-state index is 0.348. The fourth-order valence-corrected chi connectivity index (χ4v) is 3.72. The van der Waals surface area contributed by atoms with E-state index in [1.807, 2.05) is 13.1 Å². The Bertz CT molecular complexity index is 711. The highest BCUT2D eigenvalue weighted by molar-refractivity contribution is 7.07. The van der Waals surface area contributed by atoms with Gasteiger partial charge in [0.1, 0.15) is 11.5 Å². The molecule has 1 aliphatic heterocycles. The molecule has 0 aliphatic carbocycles. The van der Waals surface area contributed by atoms with Crippen LogP contribution in [0.5, 0.6) is 11.5 Å². The van der Waals surface area contributed by atoms with E-state index in [-0.39, 0.29) is 0 Å². The Morgan fingerprint density at radius 2 is 2.04 bits per heavy atom. The number of hydrogen-bond acceptors (Lipinski definition) is 5. The Labute approximate surface area is 158 Å². The van der Waals surface area contributed by atoms with Gasteiger partial charge < -0.3 is 25.0 Å². The quantitative estimate of drug-likeness (QED) is 0.601. The smallest absolute Gasteiger partial charge is 0.191 e. The fourth-order valence-electron chi connectivity index (χ4n) is 3.05. The van der Waals surface area contributed by atoms with Crippen molar-refractivity contribution in [1.29, 1.82) is 0 Å². The van der Waals surface area contributed by atoms with Crippen molar-refractivity contribution in [2.75, 3.05) is 39.3 Å². The second-order valence-corrected chi connectivity index (χ2v) is 6.98. The van der Waals surface area contributed by atoms with Crippen molar-refractivity contribution in [3.63, 3.8) is 0 Å². The molecular weight excluding hydrogens is 348 g/mol. The highest BCUT2D eigenvalue weighted by atomic mass is 32.1. The molecule has 1 saturated heterocycles. The van der Waals surface area contributed by atoms with Crippen molar-refractivity contribution in [2.24, 2.45) is 4.99 Å². The molecule has 1 fully saturated rings. The van der Waals surface area contributed by atoms with Gasteiger partial charge in [0.05, 0.1) is 14.2 Å². The summed E-state index contributed by atoms with van der Waals surface area (Å²) in [4.78, 5) is 6.68. The molecule has 26 heavy (non-hydrogen) atoms. The molecule has 2 aromatic rings. The molecule has 0 radical (unpaired) electrons. The van der Waals surface area contributed by atoms with Crippen molar-refractivity contribution < 1.29 is 9.47 Å². The Morgan fingerprint density at radius 1 is 1.27 bits per heavy atom. The standard InChI is InChI=1S/C19H26N4O2S/c1-20-19(21-11-14-5-7-26-13-14)22-15-4-6-23(12-15)16-8-17(24-2)10-18(9-16)25-3/h5,7-10,13,15H,4,6,11-12H2,1-3H3,(H2,20,21,22). The summed E-state index contributed by atoms with van der Waals surface area (Å²) < 4.78 is 10.8. The highest BCUT2D eigenvalue weighted by Gasteiger charge is 2.24. The van der Waals surface area contributed by atoms with Crippen LogP contribution in [-0.4, -0.2) is 46.4 Å². The fraction of sp³-hybridized carbons (Fsp3) is 0.421. The summed E-state index contributed by atoms with van der Waals surface area (Å²) in [7, 11) is 5.16. The van der Waals surface area contributed by atoms with Crippen LogP contribution in [0.15, 0.2) is 40.0 Å². The third kappa shape index (κ3) is 4.60. The maximum Gasteiger partial charge on any atom is 0.191 e. The molecule has 0 amide bonds. The van der Waals surface area contributed by atoms with Crippen LogP contribution in [0.4, 0.5) is 5.69 Å². The summed E-state index contributed by atoms with van der Waals surface area (Å²) >= 11 is 1.71. The lowest BCUT2D eigenvalue weighted by molar-refractivity contribution is 0.394. The van der Waals surface area contributed by atoms with Crippen LogP contribution < -0.4 is 25.0 Å². The molecule has 6 nitrogen and oxygen atoms in total. The van der Waals surface area contributed by atoms with Crippen molar-refractivity contribution in [3.05, 3.63) is 40.6 Å². The number of nitrogens with zero attached hydrogens (tertiary/aromatic N) is 2. The molecule has 1 aromatic heterocycles. The first kappa shape index (κ1) is 18.4. The minimum Gasteiger partial charge on any atom is -0.497 e. The first-order valence-electron chi connectivity index (χ1n) is 8.68. The van der Waals surface area contributed by atoms with E-state index >= 15 is 0 Å². The third-order valence-corrected chi connectivity index (χ3v) is 5.23. The summed E-state index contributed by atoms with van der Waals surface area (Å²) in [5, 5.41) is 11.1. The predicted molar refractivity (Wildman–Crippen MR) is 108 cm³/mol. The first-order chi connectivity index (χ1) is 12.7. The number of nitrogens with one attached hydrogen (secondary N) is 2. The van der Waals surface area contributed by atoms with Gasteiger partial charge in [-0.2, -0.15) is 11.3 Å². The van der Waals surface area contributed by atoms with E-state index in [0.29, 0.717) is 6.04 Å². The summed E-state index contributed by atoms with van der Waals surface area (Å²) in [5.74, 6) is 2.46. The van der Waals surface area contributed by atoms with E-state index in [0.717, 1.165) is 49.2 Å². The third-order valence-electron chi connectivity index (χ3n) is 4.49. The highest BCUT2D eigenvalue weighted by Crippen LogP contribution is 2.30. The summed E-state index contributed by atoms with van der Waals surface area (Å²) in [6.45, 7) is 2.68. The number of thiophene rings is 1. The Balaban J connectivity index is 1.57. The van der Waals surface area contributed by atoms with Gasteiger partial charge in [0, 0.05) is 56.6 Å². The van der Waals surface area contributed by atoms with Gasteiger partial charge in [-0.15, -0.1) is 0 Å². The van der Waals surface area contributed by atoms with Gasteiger partial charge in [-0.05, 0) is 28.8 Å². The lowest BCUT2D eigenvalue weighted by Crippen LogP contribution is -2.44. The summed E-state index contributed by atoms with van der Waals surface area (Å²) in [6, 6.07) is 8.47. The van der Waals surface area contributed by atoms with E-state index in [4.69, 9.17) is 9.47 Å². The van der Waals surface area contributed by atoms with Crippen LogP contribution in [0.3, 0.4) is 0 Å². The number of hydrogen-bond donors (Lipinski definition) is 2. The number of benzene rings is 1. The molecule has 7 heteroatoms. The van der Waals surface area contributed by atoms with Gasteiger partial charge in [0.15, 0.2) is 5.96 Å². The van der Waals surface area contributed by atoms with Crippen molar-refractivity contribution >= 4 is 23.0 Å². The Hall–Kier alpha value is -2.41. The van der Waals surface area contributed by atoms with Gasteiger partial charge in [-0.25, -0.2) is 0 Å². The zero-order chi connectivity index (χ0) is 18.4. The van der Waals surface area contributed by atoms with Crippen LogP contribution in [0.2, 0.25) is 0 Å². The van der Waals surface area contributed by atoms with Gasteiger partial charge in [0.2, 0.25) is 0 Å². The second kappa shape index (κ2) is 8.80. The summed E-state index contributed by atoms with van der Waals surface area (Å²) in [6.07, 6.45) is 1.05. The zero-order valence-electron chi connectivity index (χ0n) is 15.5. The van der Waals surface area contributed by atoms with Crippen LogP contribution in [0.25, 0.3) is 0 Å². The molecule has 2 heterocycles. The van der Waals surface area contributed by atoms with Gasteiger partial charge in [-0.1, -0.05) is 0 Å². The Morgan fingerprint density at radius 3 is 2.65 bits per heavy atom. The molecule has 1 aromatic carbocycles. The van der Waals surface area contributed by atoms with E-state index in [2.05, 4.69) is 49.5 Å². The average molecular weight is 375 g/mol. The molecule has 140 valence electrons. The number of guanidine groups is 1. The molecule has 2 N–H and O–H groups in total. The zero-order valence-corrected chi connectivity index (χ0v) is 16.3. The molecular formula is C19H26N4O2S. The van der Waals surface area contributed by atoms with Crippen LogP contribution in [0.1, 0.15) is 12.0 Å². The van der Waals surface area contributed by atoms with E-state index in [9.17, 15) is 0 Å². The number of rotatable bonds is 6. The molecule has 0 saturated carbocycles. The van der Waals surface area contributed by atoms with Gasteiger partial charge >= 0.3 is 0 Å². The largest absolute Gasteiger partial charge is 0.497 e. The van der Waals surface area contributed by atoms with E-state index in [1.54, 1.807) is 25.6 Å². The molecule has 0 bridgehead atoms. The topological polar surface area (TPSA) is 58.1 Å². The van der Waals surface area contributed by atoms with Crippen molar-refractivity contribution in [2.45, 2.75) is 19.0 Å². The first-order valence-corrected chi connectivity index (χ1v) is 9.62. The van der Waals surface area contributed by atoms with E-state index in [1.165, 1.54) is 5.56 Å². The number of methoxy groups -OCH3 is 2. The normalized spacial score (nSPS) is 17.3. The molecule has 1 aliphatic rings. The molecule has 1 atom stereocenters. The molecule has 1 unspecified atom stereocenters. The minimum absolute atomic E-state index is 0.348.